The number of nitrogen functional groups attached to an aromatic ring is 1. The minimum absolute atomic E-state index is 0.0261. The van der Waals surface area contributed by atoms with E-state index in [1.54, 1.807) is 18.3 Å². The van der Waals surface area contributed by atoms with Gasteiger partial charge in [-0.25, -0.2) is 15.0 Å². The van der Waals surface area contributed by atoms with Crippen molar-refractivity contribution >= 4 is 25.3 Å². The van der Waals surface area contributed by atoms with Crippen molar-refractivity contribution in [3.8, 4) is 34.2 Å². The summed E-state index contributed by atoms with van der Waals surface area (Å²) in [4.78, 5) is 18.3. The van der Waals surface area contributed by atoms with Crippen LogP contribution in [0.1, 0.15) is 26.3 Å². The van der Waals surface area contributed by atoms with Crippen LogP contribution in [0.3, 0.4) is 0 Å². The van der Waals surface area contributed by atoms with Gasteiger partial charge in [0.15, 0.2) is 19.8 Å². The van der Waals surface area contributed by atoms with Gasteiger partial charge in [0, 0.05) is 11.9 Å². The maximum atomic E-state index is 12.6. The number of benzene rings is 1. The molecule has 5 rings (SSSR count). The molecule has 5 aromatic rings. The zero-order valence-electron chi connectivity index (χ0n) is 23.6. The van der Waals surface area contributed by atoms with Crippen molar-refractivity contribution in [2.24, 2.45) is 0 Å². The number of aromatic nitrogens is 5. The average molecular weight is 575 g/mol. The van der Waals surface area contributed by atoms with Crippen LogP contribution in [0.15, 0.2) is 73.1 Å². The maximum absolute atomic E-state index is 12.6. The molecular weight excluding hydrogens is 542 g/mol. The predicted molar refractivity (Wildman–Crippen MR) is 158 cm³/mol. The summed E-state index contributed by atoms with van der Waals surface area (Å²) in [5.41, 5.74) is 11.1. The van der Waals surface area contributed by atoms with Crippen molar-refractivity contribution in [1.82, 2.24) is 24.5 Å². The van der Waals surface area contributed by atoms with Gasteiger partial charge in [-0.3, -0.25) is 9.55 Å². The van der Waals surface area contributed by atoms with E-state index in [1.807, 2.05) is 47.0 Å². The Balaban J connectivity index is 1.56. The molecule has 0 saturated carbocycles. The highest BCUT2D eigenvalue weighted by molar-refractivity contribution is 6.74. The quantitative estimate of drug-likeness (QED) is 0.195. The molecule has 2 N–H and O–H groups in total. The number of nitrogens with two attached hydrogens (primary N) is 1. The maximum Gasteiger partial charge on any atom is 0.387 e. The Morgan fingerprint density at radius 1 is 0.927 bits per heavy atom. The molecule has 0 amide bonds. The molecule has 41 heavy (non-hydrogen) atoms. The minimum atomic E-state index is -2.92. The van der Waals surface area contributed by atoms with E-state index in [2.05, 4.69) is 48.6 Å². The predicted octanol–water partition coefficient (Wildman–Crippen LogP) is 7.25. The lowest BCUT2D eigenvalue weighted by Crippen LogP contribution is -2.40. The highest BCUT2D eigenvalue weighted by Crippen LogP contribution is 2.37. The lowest BCUT2D eigenvalue weighted by atomic mass is 10.2. The summed E-state index contributed by atoms with van der Waals surface area (Å²) in [5, 5.41) is 0.121. The van der Waals surface area contributed by atoms with Crippen LogP contribution in [0.25, 0.3) is 39.6 Å². The van der Waals surface area contributed by atoms with Crippen LogP contribution in [0.5, 0.6) is 5.75 Å². The zero-order chi connectivity index (χ0) is 29.4. The number of hydrogen-bond donors (Lipinski definition) is 1. The Labute approximate surface area is 238 Å². The van der Waals surface area contributed by atoms with E-state index < -0.39 is 14.9 Å². The highest BCUT2D eigenvalue weighted by atomic mass is 28.4. The summed E-state index contributed by atoms with van der Waals surface area (Å²) in [6, 6.07) is 18.4. The van der Waals surface area contributed by atoms with Gasteiger partial charge in [0.05, 0.1) is 29.8 Å². The fourth-order valence-corrected chi connectivity index (χ4v) is 5.02. The number of anilines is 1. The van der Waals surface area contributed by atoms with Crippen molar-refractivity contribution in [3.05, 3.63) is 78.6 Å². The van der Waals surface area contributed by atoms with Crippen LogP contribution in [0.4, 0.5) is 14.6 Å². The number of nitrogens with zero attached hydrogens (tertiary/aromatic N) is 5. The fraction of sp³-hybridized carbons (Fsp3) is 0.267. The second kappa shape index (κ2) is 11.0. The Bertz CT molecular complexity index is 1670. The summed E-state index contributed by atoms with van der Waals surface area (Å²) < 4.78 is 37.9. The van der Waals surface area contributed by atoms with Gasteiger partial charge in [-0.15, -0.1) is 0 Å². The standard InChI is InChI=1S/C30H32F2N6O2Si/c1-30(2,3)41(4,5)39-18-19-8-10-20(11-9-19)38-27(22-7-6-16-34-26(22)33)37-25-15-14-24(36-28(25)38)23-13-12-21(17-35-23)40-29(31)32/h6-17,29H,18H2,1-5H3,(H2,33,34). The first-order chi connectivity index (χ1) is 19.4. The number of pyridine rings is 3. The van der Waals surface area contributed by atoms with E-state index in [0.717, 1.165) is 11.3 Å². The molecule has 0 bridgehead atoms. The van der Waals surface area contributed by atoms with Crippen molar-refractivity contribution in [2.75, 3.05) is 5.73 Å². The Morgan fingerprint density at radius 3 is 2.29 bits per heavy atom. The molecule has 0 saturated heterocycles. The smallest absolute Gasteiger partial charge is 0.387 e. The van der Waals surface area contributed by atoms with Crippen LogP contribution in [0, 0.1) is 0 Å². The van der Waals surface area contributed by atoms with Gasteiger partial charge < -0.3 is 14.9 Å². The Hall–Kier alpha value is -4.22. The number of imidazole rings is 1. The molecule has 4 heterocycles. The molecular formula is C30H32F2N6O2Si. The molecule has 212 valence electrons. The van der Waals surface area contributed by atoms with Gasteiger partial charge in [0.25, 0.3) is 0 Å². The lowest BCUT2D eigenvalue weighted by Gasteiger charge is -2.36. The van der Waals surface area contributed by atoms with E-state index in [4.69, 9.17) is 20.1 Å². The first kappa shape index (κ1) is 28.3. The molecule has 4 aromatic heterocycles. The highest BCUT2D eigenvalue weighted by Gasteiger charge is 2.37. The Morgan fingerprint density at radius 2 is 1.66 bits per heavy atom. The number of hydrogen-bond acceptors (Lipinski definition) is 7. The fourth-order valence-electron chi connectivity index (χ4n) is 4.06. The van der Waals surface area contributed by atoms with E-state index >= 15 is 0 Å². The second-order valence-corrected chi connectivity index (χ2v) is 16.0. The zero-order valence-corrected chi connectivity index (χ0v) is 24.6. The van der Waals surface area contributed by atoms with Gasteiger partial charge >= 0.3 is 6.61 Å². The van der Waals surface area contributed by atoms with Crippen molar-refractivity contribution in [1.29, 1.82) is 0 Å². The lowest BCUT2D eigenvalue weighted by molar-refractivity contribution is -0.0500. The second-order valence-electron chi connectivity index (χ2n) is 11.2. The third-order valence-corrected chi connectivity index (χ3v) is 11.9. The number of fused-ring (bicyclic) bond motifs is 1. The summed E-state index contributed by atoms with van der Waals surface area (Å²) in [6.45, 7) is 8.75. The summed E-state index contributed by atoms with van der Waals surface area (Å²) in [6.07, 6.45) is 2.88. The molecule has 0 aliphatic rings. The van der Waals surface area contributed by atoms with E-state index in [-0.39, 0.29) is 10.8 Å². The van der Waals surface area contributed by atoms with Crippen LogP contribution in [-0.4, -0.2) is 39.4 Å². The van der Waals surface area contributed by atoms with Gasteiger partial charge in [-0.05, 0) is 72.2 Å². The molecule has 0 radical (unpaired) electrons. The largest absolute Gasteiger partial charge is 0.433 e. The van der Waals surface area contributed by atoms with Crippen LogP contribution in [0.2, 0.25) is 18.1 Å². The summed E-state index contributed by atoms with van der Waals surface area (Å²) >= 11 is 0. The number of ether oxygens (including phenoxy) is 1. The molecule has 8 nitrogen and oxygen atoms in total. The number of alkyl halides is 2. The third-order valence-electron chi connectivity index (χ3n) is 7.41. The van der Waals surface area contributed by atoms with Gasteiger partial charge in [0.2, 0.25) is 0 Å². The topological polar surface area (TPSA) is 101 Å². The first-order valence-corrected chi connectivity index (χ1v) is 16.1. The van der Waals surface area contributed by atoms with Crippen LogP contribution >= 0.6 is 0 Å². The first-order valence-electron chi connectivity index (χ1n) is 13.2. The monoisotopic (exact) mass is 574 g/mol. The van der Waals surface area contributed by atoms with Crippen LogP contribution in [-0.2, 0) is 11.0 Å². The molecule has 0 aliphatic heterocycles. The Kier molecular flexibility index (Phi) is 7.58. The minimum Gasteiger partial charge on any atom is -0.433 e. The molecule has 0 spiro atoms. The average Bonchev–Trinajstić information content (AvgIpc) is 3.30. The number of rotatable bonds is 8. The third kappa shape index (κ3) is 5.96. The summed E-state index contributed by atoms with van der Waals surface area (Å²) in [7, 11) is -1.90. The van der Waals surface area contributed by atoms with Crippen molar-refractivity contribution < 1.29 is 17.9 Å². The molecule has 0 atom stereocenters. The van der Waals surface area contributed by atoms with Gasteiger partial charge in [0.1, 0.15) is 17.1 Å². The molecule has 1 aromatic carbocycles. The summed E-state index contributed by atoms with van der Waals surface area (Å²) in [5.74, 6) is 0.913. The van der Waals surface area contributed by atoms with E-state index in [1.165, 1.54) is 12.3 Å². The molecule has 11 heteroatoms. The van der Waals surface area contributed by atoms with Gasteiger partial charge in [-0.1, -0.05) is 32.9 Å². The van der Waals surface area contributed by atoms with Crippen molar-refractivity contribution in [2.45, 2.75) is 52.1 Å². The van der Waals surface area contributed by atoms with Crippen molar-refractivity contribution in [3.63, 3.8) is 0 Å². The van der Waals surface area contributed by atoms with E-state index in [9.17, 15) is 8.78 Å². The van der Waals surface area contributed by atoms with Gasteiger partial charge in [-0.2, -0.15) is 8.78 Å². The molecule has 0 aliphatic carbocycles. The van der Waals surface area contributed by atoms with E-state index in [0.29, 0.717) is 46.4 Å². The normalized spacial score (nSPS) is 12.3. The molecule has 0 fully saturated rings. The molecule has 0 unspecified atom stereocenters. The number of halogens is 2. The van der Waals surface area contributed by atoms with Crippen LogP contribution < -0.4 is 10.5 Å². The SMILES string of the molecule is CC(C)(C)[Si](C)(C)OCc1ccc(-n2c(-c3cccnc3N)nc3ccc(-c4ccc(OC(F)F)cn4)nc32)cc1.